The molecular weight excluding hydrogens is 595 g/mol. The minimum absolute atomic E-state index is 0. The summed E-state index contributed by atoms with van der Waals surface area (Å²) >= 11 is 0. The van der Waals surface area contributed by atoms with Gasteiger partial charge in [0.05, 0.1) is 6.04 Å². The first kappa shape index (κ1) is 37.4. The SMILES string of the molecule is CC(C)C[C@H](NC(=O)OC1CC2(CCN(C(=O)C(C)C)CC2)C1)C(=O)N[C@@H](C[C@H]1CCNC1=O)C(=O)C(O)S(=O)(=O)[O-].[Na+]. The third-order valence-corrected chi connectivity index (χ3v) is 9.18. The molecule has 1 unspecified atom stereocenters. The van der Waals surface area contributed by atoms with Crippen LogP contribution in [-0.2, 0) is 34.0 Å². The molecule has 1 saturated carbocycles. The van der Waals surface area contributed by atoms with E-state index in [4.69, 9.17) is 4.74 Å². The molecule has 3 rings (SSSR count). The number of carbonyl (C=O) groups excluding carboxylic acids is 5. The van der Waals surface area contributed by atoms with Crippen molar-refractivity contribution in [3.05, 3.63) is 0 Å². The zero-order valence-electron chi connectivity index (χ0n) is 25.6. The van der Waals surface area contributed by atoms with Crippen molar-refractivity contribution in [2.45, 2.75) is 96.3 Å². The van der Waals surface area contributed by atoms with E-state index in [1.165, 1.54) is 0 Å². The summed E-state index contributed by atoms with van der Waals surface area (Å²) < 4.78 is 39.5. The summed E-state index contributed by atoms with van der Waals surface area (Å²) in [4.78, 5) is 64.9. The Balaban J connectivity index is 0.00000645. The number of piperidine rings is 1. The molecule has 14 nitrogen and oxygen atoms in total. The van der Waals surface area contributed by atoms with Crippen LogP contribution in [0, 0.1) is 23.2 Å². The summed E-state index contributed by atoms with van der Waals surface area (Å²) in [6.07, 6.45) is 1.88. The van der Waals surface area contributed by atoms with Gasteiger partial charge in [-0.3, -0.25) is 19.2 Å². The Morgan fingerprint density at radius 3 is 2.19 bits per heavy atom. The van der Waals surface area contributed by atoms with Crippen LogP contribution in [-0.4, -0.2) is 95.8 Å². The monoisotopic (exact) mass is 638 g/mol. The molecule has 0 radical (unpaired) electrons. The smallest absolute Gasteiger partial charge is 0.746 e. The van der Waals surface area contributed by atoms with Crippen molar-refractivity contribution in [3.63, 3.8) is 0 Å². The van der Waals surface area contributed by atoms with Crippen molar-refractivity contribution in [2.24, 2.45) is 23.2 Å². The van der Waals surface area contributed by atoms with Gasteiger partial charge in [-0.1, -0.05) is 27.7 Å². The van der Waals surface area contributed by atoms with Crippen LogP contribution in [0.4, 0.5) is 4.79 Å². The summed E-state index contributed by atoms with van der Waals surface area (Å²) in [5.41, 5.74) is -2.91. The molecule has 4 N–H and O–H groups in total. The molecule has 2 saturated heterocycles. The van der Waals surface area contributed by atoms with Gasteiger partial charge in [0, 0.05) is 31.5 Å². The Hall–Kier alpha value is -1.78. The van der Waals surface area contributed by atoms with E-state index in [2.05, 4.69) is 16.0 Å². The van der Waals surface area contributed by atoms with Crippen LogP contribution in [0.1, 0.15) is 72.6 Å². The van der Waals surface area contributed by atoms with Gasteiger partial charge in [-0.25, -0.2) is 13.2 Å². The molecular formula is C27H43N4NaO10S. The number of rotatable bonds is 12. The molecule has 3 aliphatic rings. The fourth-order valence-electron chi connectivity index (χ4n) is 5.98. The summed E-state index contributed by atoms with van der Waals surface area (Å²) in [6.45, 7) is 9.00. The number of nitrogens with one attached hydrogen (secondary N) is 3. The second kappa shape index (κ2) is 15.5. The Labute approximate surface area is 274 Å². The summed E-state index contributed by atoms with van der Waals surface area (Å²) in [7, 11) is -5.43. The number of nitrogens with zero attached hydrogens (tertiary/aromatic N) is 1. The molecule has 43 heavy (non-hydrogen) atoms. The molecule has 0 bridgehead atoms. The number of hydrogen-bond acceptors (Lipinski definition) is 10. The average molecular weight is 639 g/mol. The zero-order chi connectivity index (χ0) is 31.4. The van der Waals surface area contributed by atoms with Gasteiger partial charge in [-0.05, 0) is 56.3 Å². The number of likely N-dealkylation sites (tertiary alicyclic amines) is 1. The zero-order valence-corrected chi connectivity index (χ0v) is 28.4. The molecule has 2 heterocycles. The summed E-state index contributed by atoms with van der Waals surface area (Å²) in [5.74, 6) is -3.47. The van der Waals surface area contributed by atoms with Crippen molar-refractivity contribution in [3.8, 4) is 0 Å². The molecule has 4 amide bonds. The Kier molecular flexibility index (Phi) is 13.5. The summed E-state index contributed by atoms with van der Waals surface area (Å²) in [5, 5.41) is 17.2. The van der Waals surface area contributed by atoms with Crippen LogP contribution in [0.5, 0.6) is 0 Å². The van der Waals surface area contributed by atoms with Crippen LogP contribution >= 0.6 is 0 Å². The Morgan fingerprint density at radius 1 is 1.09 bits per heavy atom. The van der Waals surface area contributed by atoms with Gasteiger partial charge in [0.2, 0.25) is 23.2 Å². The average Bonchev–Trinajstić information content (AvgIpc) is 3.29. The van der Waals surface area contributed by atoms with Crippen molar-refractivity contribution in [1.82, 2.24) is 20.9 Å². The van der Waals surface area contributed by atoms with Gasteiger partial charge in [0.1, 0.15) is 22.3 Å². The maximum absolute atomic E-state index is 13.2. The number of Topliss-reactive ketones (excluding diaryl/α,β-unsaturated/α-hetero) is 1. The number of hydrogen-bond donors (Lipinski definition) is 4. The minimum Gasteiger partial charge on any atom is -0.746 e. The van der Waals surface area contributed by atoms with Crippen molar-refractivity contribution in [2.75, 3.05) is 19.6 Å². The van der Waals surface area contributed by atoms with E-state index in [1.54, 1.807) is 13.8 Å². The molecule has 238 valence electrons. The third kappa shape index (κ3) is 10.1. The van der Waals surface area contributed by atoms with Gasteiger partial charge < -0.3 is 35.2 Å². The van der Waals surface area contributed by atoms with Crippen LogP contribution in [0.2, 0.25) is 0 Å². The molecule has 2 aliphatic heterocycles. The second-order valence-corrected chi connectivity index (χ2v) is 14.0. The number of alkyl carbamates (subject to hydrolysis) is 1. The predicted octanol–water partition coefficient (Wildman–Crippen LogP) is -3.00. The molecule has 4 atom stereocenters. The van der Waals surface area contributed by atoms with Gasteiger partial charge in [0.15, 0.2) is 5.78 Å². The van der Waals surface area contributed by atoms with Crippen molar-refractivity contribution >= 4 is 39.7 Å². The van der Waals surface area contributed by atoms with Crippen LogP contribution in [0.3, 0.4) is 0 Å². The number of aliphatic hydroxyl groups is 1. The van der Waals surface area contributed by atoms with Gasteiger partial charge in [-0.15, -0.1) is 0 Å². The van der Waals surface area contributed by atoms with E-state index in [1.807, 2.05) is 18.7 Å². The molecule has 0 aromatic heterocycles. The number of aliphatic hydroxyl groups excluding tert-OH is 1. The first-order valence-electron chi connectivity index (χ1n) is 14.5. The Bertz CT molecular complexity index is 1150. The van der Waals surface area contributed by atoms with E-state index in [0.29, 0.717) is 38.9 Å². The normalized spacial score (nSPS) is 22.2. The maximum atomic E-state index is 13.2. The second-order valence-electron chi connectivity index (χ2n) is 12.6. The Morgan fingerprint density at radius 2 is 1.70 bits per heavy atom. The fraction of sp³-hybridized carbons (Fsp3) is 0.815. The van der Waals surface area contributed by atoms with E-state index >= 15 is 0 Å². The predicted molar refractivity (Wildman–Crippen MR) is 147 cm³/mol. The third-order valence-electron chi connectivity index (χ3n) is 8.40. The molecule has 16 heteroatoms. The summed E-state index contributed by atoms with van der Waals surface area (Å²) in [6, 6.07) is -2.83. The molecule has 1 aliphatic carbocycles. The van der Waals surface area contributed by atoms with Gasteiger partial charge in [0.25, 0.3) is 0 Å². The molecule has 0 aromatic rings. The van der Waals surface area contributed by atoms with Crippen molar-refractivity contribution < 1.29 is 76.3 Å². The first-order chi connectivity index (χ1) is 19.5. The van der Waals surface area contributed by atoms with E-state index in [0.717, 1.165) is 12.8 Å². The van der Waals surface area contributed by atoms with Crippen LogP contribution in [0.25, 0.3) is 0 Å². The number of ether oxygens (including phenoxy) is 1. The fourth-order valence-corrected chi connectivity index (χ4v) is 6.43. The number of ketones is 1. The van der Waals surface area contributed by atoms with Crippen LogP contribution < -0.4 is 45.5 Å². The van der Waals surface area contributed by atoms with E-state index in [-0.39, 0.29) is 71.7 Å². The van der Waals surface area contributed by atoms with E-state index < -0.39 is 57.2 Å². The first-order valence-corrected chi connectivity index (χ1v) is 16.0. The maximum Gasteiger partial charge on any atom is 1.00 e. The van der Waals surface area contributed by atoms with E-state index in [9.17, 15) is 42.0 Å². The minimum atomic E-state index is -5.43. The standard InChI is InChI=1S/C27H44N4O10S.Na/c1-15(2)11-20(23(34)29-19(12-17-5-8-28-22(17)33)21(32)25(36)42(38,39)40)30-26(37)41-18-13-27(14-18)6-9-31(10-7-27)24(35)16(3)4;/h15-20,25,36H,5-14H2,1-4H3,(H,28,33)(H,29,34)(H,30,37)(H,38,39,40);/q;+1/p-1/t17-,19+,20+,25?;/m1./s1. The molecule has 3 fully saturated rings. The number of carbonyl (C=O) groups is 5. The largest absolute Gasteiger partial charge is 1.00 e. The van der Waals surface area contributed by atoms with Crippen LogP contribution in [0.15, 0.2) is 0 Å². The quantitative estimate of drug-likeness (QED) is 0.126. The number of amides is 4. The van der Waals surface area contributed by atoms with Crippen molar-refractivity contribution in [1.29, 1.82) is 0 Å². The van der Waals surface area contributed by atoms with Gasteiger partial charge >= 0.3 is 35.7 Å². The topological polar surface area (TPSA) is 211 Å². The molecule has 0 aromatic carbocycles. The van der Waals surface area contributed by atoms with Gasteiger partial charge in [-0.2, -0.15) is 0 Å². The molecule has 1 spiro atoms.